The summed E-state index contributed by atoms with van der Waals surface area (Å²) in [6.07, 6.45) is 23.5. The lowest BCUT2D eigenvalue weighted by atomic mass is 10.2. The lowest BCUT2D eigenvalue weighted by molar-refractivity contribution is 1.28. The molecule has 0 unspecified atom stereocenters. The monoisotopic (exact) mass is 157 g/mol. The zero-order chi connectivity index (χ0) is 8.49. The standard InChI is InChI=1S/C12H13/c1-2-4-6-8-10-12-11-9-7-5-3-1/h1-7,10,12H,8,11H2. The largest absolute Gasteiger partial charge is 0.0844 e. The van der Waals surface area contributed by atoms with Gasteiger partial charge in [0.2, 0.25) is 0 Å². The minimum atomic E-state index is 0.905. The minimum Gasteiger partial charge on any atom is -0.0844 e. The Labute approximate surface area is 74.3 Å². The highest BCUT2D eigenvalue weighted by Crippen LogP contribution is 1.93. The summed E-state index contributed by atoms with van der Waals surface area (Å²) in [5.74, 6) is 0. The number of hydrogen-bond acceptors (Lipinski definition) is 0. The summed E-state index contributed by atoms with van der Waals surface area (Å²) in [6, 6.07) is 0. The molecule has 1 radical (unpaired) electrons. The van der Waals surface area contributed by atoms with Crippen LogP contribution in [0.1, 0.15) is 12.8 Å². The van der Waals surface area contributed by atoms with Crippen molar-refractivity contribution < 1.29 is 0 Å². The molecule has 1 rings (SSSR count). The molecule has 0 heterocycles. The maximum atomic E-state index is 3.15. The fraction of sp³-hybridized carbons (Fsp3) is 0.167. The van der Waals surface area contributed by atoms with E-state index in [9.17, 15) is 0 Å². The first-order chi connectivity index (χ1) is 6.00. The van der Waals surface area contributed by atoms with E-state index in [1.807, 2.05) is 30.4 Å². The normalized spacial score (nSPS) is 17.3. The van der Waals surface area contributed by atoms with Gasteiger partial charge in [-0.25, -0.2) is 0 Å². The van der Waals surface area contributed by atoms with Crippen LogP contribution in [0.2, 0.25) is 0 Å². The number of hydrogen-bond donors (Lipinski definition) is 0. The van der Waals surface area contributed by atoms with Gasteiger partial charge >= 0.3 is 0 Å². The van der Waals surface area contributed by atoms with Gasteiger partial charge in [-0.15, -0.1) is 0 Å². The van der Waals surface area contributed by atoms with E-state index in [0.717, 1.165) is 12.8 Å². The second-order valence-electron chi connectivity index (χ2n) is 2.48. The maximum absolute atomic E-state index is 3.15. The molecular formula is C12H13. The van der Waals surface area contributed by atoms with Gasteiger partial charge in [0.1, 0.15) is 0 Å². The van der Waals surface area contributed by atoms with E-state index in [-0.39, 0.29) is 0 Å². The molecule has 0 N–H and O–H groups in total. The molecule has 1 aliphatic carbocycles. The summed E-state index contributed by atoms with van der Waals surface area (Å²) in [6.45, 7) is 0. The van der Waals surface area contributed by atoms with Crippen LogP contribution < -0.4 is 0 Å². The topological polar surface area (TPSA) is 0 Å². The predicted octanol–water partition coefficient (Wildman–Crippen LogP) is 3.36. The summed E-state index contributed by atoms with van der Waals surface area (Å²) in [7, 11) is 0. The maximum Gasteiger partial charge on any atom is -0.00945 e. The van der Waals surface area contributed by atoms with Crippen LogP contribution >= 0.6 is 0 Å². The Morgan fingerprint density at radius 3 is 2.58 bits per heavy atom. The third kappa shape index (κ3) is 4.51. The molecule has 0 aliphatic heterocycles. The quantitative estimate of drug-likeness (QED) is 0.473. The van der Waals surface area contributed by atoms with Crippen molar-refractivity contribution in [3.63, 3.8) is 0 Å². The van der Waals surface area contributed by atoms with Gasteiger partial charge in [-0.1, -0.05) is 54.7 Å². The second kappa shape index (κ2) is 6.41. The van der Waals surface area contributed by atoms with Crippen molar-refractivity contribution in [3.8, 4) is 0 Å². The van der Waals surface area contributed by atoms with Crippen molar-refractivity contribution >= 4 is 0 Å². The summed E-state index contributed by atoms with van der Waals surface area (Å²) >= 11 is 0. The van der Waals surface area contributed by atoms with E-state index in [0.29, 0.717) is 0 Å². The first kappa shape index (κ1) is 8.79. The molecule has 0 amide bonds. The van der Waals surface area contributed by atoms with E-state index in [4.69, 9.17) is 0 Å². The smallest absolute Gasteiger partial charge is 0.00945 e. The molecule has 0 aromatic heterocycles. The fourth-order valence-corrected chi connectivity index (χ4v) is 0.867. The van der Waals surface area contributed by atoms with Gasteiger partial charge in [-0.05, 0) is 18.9 Å². The van der Waals surface area contributed by atoms with Crippen molar-refractivity contribution in [2.45, 2.75) is 12.8 Å². The summed E-state index contributed by atoms with van der Waals surface area (Å²) in [5.41, 5.74) is 0. The minimum absolute atomic E-state index is 0.905. The first-order valence-corrected chi connectivity index (χ1v) is 4.20. The Hall–Kier alpha value is -1.30. The van der Waals surface area contributed by atoms with E-state index in [1.165, 1.54) is 0 Å². The lowest BCUT2D eigenvalue weighted by Gasteiger charge is -1.82. The third-order valence-corrected chi connectivity index (χ3v) is 1.47. The number of rotatable bonds is 0. The van der Waals surface area contributed by atoms with Crippen LogP contribution in [-0.2, 0) is 0 Å². The van der Waals surface area contributed by atoms with E-state index in [1.54, 1.807) is 0 Å². The molecule has 0 nitrogen and oxygen atoms in total. The zero-order valence-electron chi connectivity index (χ0n) is 7.11. The molecule has 0 spiro atoms. The van der Waals surface area contributed by atoms with E-state index < -0.39 is 0 Å². The Balaban J connectivity index is 2.55. The molecule has 1 aliphatic rings. The lowest BCUT2D eigenvalue weighted by Crippen LogP contribution is -1.63. The summed E-state index contributed by atoms with van der Waals surface area (Å²) in [5, 5.41) is 0. The van der Waals surface area contributed by atoms with Gasteiger partial charge in [0, 0.05) is 0 Å². The van der Waals surface area contributed by atoms with Crippen LogP contribution in [-0.4, -0.2) is 0 Å². The summed E-state index contributed by atoms with van der Waals surface area (Å²) < 4.78 is 0. The summed E-state index contributed by atoms with van der Waals surface area (Å²) in [4.78, 5) is 0. The second-order valence-corrected chi connectivity index (χ2v) is 2.48. The Kier molecular flexibility index (Phi) is 4.70. The van der Waals surface area contributed by atoms with Crippen molar-refractivity contribution in [1.29, 1.82) is 0 Å². The molecular weight excluding hydrogens is 144 g/mol. The van der Waals surface area contributed by atoms with Crippen molar-refractivity contribution in [2.75, 3.05) is 0 Å². The Bertz CT molecular complexity index is 211. The van der Waals surface area contributed by atoms with Crippen molar-refractivity contribution in [1.82, 2.24) is 0 Å². The van der Waals surface area contributed by atoms with Crippen LogP contribution in [0.3, 0.4) is 0 Å². The fourth-order valence-electron chi connectivity index (χ4n) is 0.867. The van der Waals surface area contributed by atoms with Gasteiger partial charge < -0.3 is 0 Å². The van der Waals surface area contributed by atoms with Crippen molar-refractivity contribution in [2.24, 2.45) is 0 Å². The highest BCUT2D eigenvalue weighted by Gasteiger charge is 1.73. The molecule has 0 bridgehead atoms. The van der Waals surface area contributed by atoms with Crippen molar-refractivity contribution in [3.05, 3.63) is 60.8 Å². The van der Waals surface area contributed by atoms with Crippen LogP contribution in [0.5, 0.6) is 0 Å². The molecule has 12 heavy (non-hydrogen) atoms. The Morgan fingerprint density at radius 1 is 0.750 bits per heavy atom. The molecule has 0 atom stereocenters. The van der Waals surface area contributed by atoms with Gasteiger partial charge in [0.05, 0.1) is 0 Å². The van der Waals surface area contributed by atoms with Gasteiger partial charge in [0.25, 0.3) is 0 Å². The third-order valence-electron chi connectivity index (χ3n) is 1.47. The van der Waals surface area contributed by atoms with Gasteiger partial charge in [-0.3, -0.25) is 0 Å². The molecule has 0 aromatic carbocycles. The van der Waals surface area contributed by atoms with Crippen LogP contribution in [0.15, 0.2) is 54.7 Å². The van der Waals surface area contributed by atoms with Gasteiger partial charge in [0.15, 0.2) is 0 Å². The van der Waals surface area contributed by atoms with Crippen LogP contribution in [0, 0.1) is 6.08 Å². The van der Waals surface area contributed by atoms with Crippen LogP contribution in [0.25, 0.3) is 0 Å². The predicted molar refractivity (Wildman–Crippen MR) is 53.6 cm³/mol. The molecule has 61 valence electrons. The first-order valence-electron chi connectivity index (χ1n) is 4.20. The average molecular weight is 157 g/mol. The molecule has 0 heteroatoms. The van der Waals surface area contributed by atoms with Crippen LogP contribution in [0.4, 0.5) is 0 Å². The molecule has 0 aromatic rings. The molecule has 0 fully saturated rings. The highest BCUT2D eigenvalue weighted by molar-refractivity contribution is 5.15. The Morgan fingerprint density at radius 2 is 1.58 bits per heavy atom. The van der Waals surface area contributed by atoms with E-state index >= 15 is 0 Å². The van der Waals surface area contributed by atoms with Gasteiger partial charge in [-0.2, -0.15) is 0 Å². The van der Waals surface area contributed by atoms with E-state index in [2.05, 4.69) is 30.4 Å². The highest BCUT2D eigenvalue weighted by atomic mass is 13.8. The zero-order valence-corrected chi connectivity index (χ0v) is 7.11. The molecule has 0 saturated carbocycles. The number of allylic oxidation sites excluding steroid dienone is 10. The SMILES string of the molecule is [C]1=CC=CC=CC=CCC=CC1. The average Bonchev–Trinajstić information content (AvgIpc) is 2.05. The molecule has 0 saturated heterocycles.